The molecule has 0 aliphatic carbocycles. The number of benzene rings is 3. The summed E-state index contributed by atoms with van der Waals surface area (Å²) in [4.78, 5) is 35.9. The minimum Gasteiger partial charge on any atom is -0.494 e. The van der Waals surface area contributed by atoms with Crippen molar-refractivity contribution in [2.45, 2.75) is 32.0 Å². The van der Waals surface area contributed by atoms with E-state index in [0.29, 0.717) is 24.7 Å². The number of halogens is 1. The van der Waals surface area contributed by atoms with Crippen LogP contribution in [0.2, 0.25) is 0 Å². The van der Waals surface area contributed by atoms with Crippen molar-refractivity contribution in [2.24, 2.45) is 0 Å². The third-order valence-corrected chi connectivity index (χ3v) is 5.67. The Hall–Kier alpha value is -4.96. The van der Waals surface area contributed by atoms with Crippen molar-refractivity contribution in [2.75, 3.05) is 13.2 Å². The number of hydrogen-bond acceptors (Lipinski definition) is 9. The molecule has 1 N–H and O–H groups in total. The molecule has 1 atom stereocenters. The van der Waals surface area contributed by atoms with Crippen molar-refractivity contribution >= 4 is 17.9 Å². The van der Waals surface area contributed by atoms with Gasteiger partial charge in [-0.3, -0.25) is 0 Å². The van der Waals surface area contributed by atoms with E-state index in [1.807, 2.05) is 0 Å². The second-order valence-electron chi connectivity index (χ2n) is 8.80. The SMILES string of the molecule is C=CC(=O)OCCCCCCOc1ccc(C(=O)Oc2ccc(OC(=O)c3ccc(OC(O)C=C)cc3)c(F)c2)cc1. The molecule has 0 radical (unpaired) electrons. The van der Waals surface area contributed by atoms with Crippen molar-refractivity contribution in [1.29, 1.82) is 0 Å². The van der Waals surface area contributed by atoms with E-state index in [1.54, 1.807) is 12.1 Å². The van der Waals surface area contributed by atoms with Crippen LogP contribution in [-0.2, 0) is 9.53 Å². The first kappa shape index (κ1) is 31.6. The van der Waals surface area contributed by atoms with Gasteiger partial charge in [0, 0.05) is 12.1 Å². The standard InChI is InChI=1S/C32H31FO9/c1-3-29(34)39-20-8-6-5-7-19-38-24-13-9-22(10-14-24)31(36)41-26-17-18-28(27(33)21-26)42-32(37)23-11-15-25(16-12-23)40-30(35)4-2/h3-4,9-18,21,30,35H,1-2,5-8,19-20H2. The Bertz CT molecular complexity index is 1370. The molecule has 0 fully saturated rings. The molecule has 0 heterocycles. The summed E-state index contributed by atoms with van der Waals surface area (Å²) in [7, 11) is 0. The molecule has 3 rings (SSSR count). The molecular formula is C32H31FO9. The first-order valence-electron chi connectivity index (χ1n) is 13.1. The number of aliphatic hydroxyl groups excluding tert-OH is 1. The van der Waals surface area contributed by atoms with Gasteiger partial charge in [-0.1, -0.05) is 13.2 Å². The molecule has 0 saturated carbocycles. The Balaban J connectivity index is 1.43. The molecule has 9 nitrogen and oxygen atoms in total. The Morgan fingerprint density at radius 1 is 0.762 bits per heavy atom. The summed E-state index contributed by atoms with van der Waals surface area (Å²) in [5.41, 5.74) is 0.363. The molecule has 3 aromatic carbocycles. The van der Waals surface area contributed by atoms with Crippen LogP contribution in [0.3, 0.4) is 0 Å². The van der Waals surface area contributed by atoms with Gasteiger partial charge in [-0.2, -0.15) is 0 Å². The maximum Gasteiger partial charge on any atom is 0.343 e. The summed E-state index contributed by atoms with van der Waals surface area (Å²) in [5.74, 6) is -2.38. The molecule has 0 aliphatic rings. The quantitative estimate of drug-likeness (QED) is 0.0561. The number of rotatable bonds is 16. The van der Waals surface area contributed by atoms with Gasteiger partial charge in [0.25, 0.3) is 0 Å². The van der Waals surface area contributed by atoms with Gasteiger partial charge in [0.1, 0.15) is 17.2 Å². The number of esters is 3. The Kier molecular flexibility index (Phi) is 12.3. The van der Waals surface area contributed by atoms with Crippen LogP contribution in [0.4, 0.5) is 4.39 Å². The van der Waals surface area contributed by atoms with Gasteiger partial charge in [-0.15, -0.1) is 0 Å². The maximum absolute atomic E-state index is 14.6. The van der Waals surface area contributed by atoms with Crippen LogP contribution in [-0.4, -0.2) is 42.5 Å². The fourth-order valence-corrected chi connectivity index (χ4v) is 3.48. The number of ether oxygens (including phenoxy) is 5. The van der Waals surface area contributed by atoms with Gasteiger partial charge >= 0.3 is 17.9 Å². The van der Waals surface area contributed by atoms with Crippen molar-refractivity contribution in [3.8, 4) is 23.0 Å². The molecule has 3 aromatic rings. The van der Waals surface area contributed by atoms with Gasteiger partial charge < -0.3 is 28.8 Å². The van der Waals surface area contributed by atoms with Crippen LogP contribution in [0.15, 0.2) is 92.0 Å². The summed E-state index contributed by atoms with van der Waals surface area (Å²) in [6.07, 6.45) is 4.53. The highest BCUT2D eigenvalue weighted by Gasteiger charge is 2.15. The summed E-state index contributed by atoms with van der Waals surface area (Å²) in [5, 5.41) is 9.42. The van der Waals surface area contributed by atoms with Crippen molar-refractivity contribution in [3.05, 3.63) is 109 Å². The summed E-state index contributed by atoms with van der Waals surface area (Å²) in [6.45, 7) is 7.59. The largest absolute Gasteiger partial charge is 0.494 e. The first-order valence-corrected chi connectivity index (χ1v) is 13.1. The number of aliphatic hydroxyl groups is 1. The average molecular weight is 579 g/mol. The molecule has 0 saturated heterocycles. The molecular weight excluding hydrogens is 547 g/mol. The van der Waals surface area contributed by atoms with Crippen molar-refractivity contribution in [3.63, 3.8) is 0 Å². The van der Waals surface area contributed by atoms with Gasteiger partial charge in [-0.05, 0) is 92.4 Å². The summed E-state index contributed by atoms with van der Waals surface area (Å²) in [6, 6.07) is 15.4. The fourth-order valence-electron chi connectivity index (χ4n) is 3.48. The smallest absolute Gasteiger partial charge is 0.343 e. The Labute approximate surface area is 242 Å². The molecule has 0 amide bonds. The van der Waals surface area contributed by atoms with Crippen LogP contribution < -0.4 is 18.9 Å². The van der Waals surface area contributed by atoms with Crippen LogP contribution in [0.25, 0.3) is 0 Å². The molecule has 0 spiro atoms. The monoisotopic (exact) mass is 578 g/mol. The highest BCUT2D eigenvalue weighted by Crippen LogP contribution is 2.25. The fraction of sp³-hybridized carbons (Fsp3) is 0.219. The second kappa shape index (κ2) is 16.3. The van der Waals surface area contributed by atoms with Gasteiger partial charge in [0.15, 0.2) is 11.6 Å². The van der Waals surface area contributed by atoms with E-state index in [4.69, 9.17) is 23.7 Å². The van der Waals surface area contributed by atoms with Crippen molar-refractivity contribution in [1.82, 2.24) is 0 Å². The number of carbonyl (C=O) groups excluding carboxylic acids is 3. The second-order valence-corrected chi connectivity index (χ2v) is 8.80. The van der Waals surface area contributed by atoms with Gasteiger partial charge in [0.05, 0.1) is 24.3 Å². The minimum absolute atomic E-state index is 0.0702. The van der Waals surface area contributed by atoms with Gasteiger partial charge in [-0.25, -0.2) is 18.8 Å². The van der Waals surface area contributed by atoms with Crippen molar-refractivity contribution < 1.29 is 47.6 Å². The molecule has 42 heavy (non-hydrogen) atoms. The molecule has 1 unspecified atom stereocenters. The average Bonchev–Trinajstić information content (AvgIpc) is 3.00. The summed E-state index contributed by atoms with van der Waals surface area (Å²) < 4.78 is 40.7. The molecule has 0 aliphatic heterocycles. The molecule has 0 aromatic heterocycles. The number of carbonyl (C=O) groups is 3. The minimum atomic E-state index is -1.20. The van der Waals surface area contributed by atoms with E-state index >= 15 is 0 Å². The number of hydrogen-bond donors (Lipinski definition) is 1. The Morgan fingerprint density at radius 3 is 1.93 bits per heavy atom. The lowest BCUT2D eigenvalue weighted by molar-refractivity contribution is -0.137. The molecule has 0 bridgehead atoms. The number of unbranched alkanes of at least 4 members (excludes halogenated alkanes) is 3. The first-order chi connectivity index (χ1) is 20.3. The lowest BCUT2D eigenvalue weighted by Crippen LogP contribution is -2.12. The zero-order chi connectivity index (χ0) is 30.3. The molecule has 220 valence electrons. The third-order valence-electron chi connectivity index (χ3n) is 5.67. The van der Waals surface area contributed by atoms with Gasteiger partial charge in [0.2, 0.25) is 6.29 Å². The third kappa shape index (κ3) is 10.2. The van der Waals surface area contributed by atoms with E-state index < -0.39 is 30.0 Å². The van der Waals surface area contributed by atoms with Crippen LogP contribution >= 0.6 is 0 Å². The van der Waals surface area contributed by atoms with E-state index in [9.17, 15) is 23.9 Å². The van der Waals surface area contributed by atoms with E-state index in [1.165, 1.54) is 54.6 Å². The normalized spacial score (nSPS) is 11.1. The zero-order valence-electron chi connectivity index (χ0n) is 22.8. The topological polar surface area (TPSA) is 118 Å². The van der Waals surface area contributed by atoms with Crippen LogP contribution in [0, 0.1) is 5.82 Å². The van der Waals surface area contributed by atoms with E-state index in [0.717, 1.165) is 37.8 Å². The maximum atomic E-state index is 14.6. The van der Waals surface area contributed by atoms with Crippen LogP contribution in [0.5, 0.6) is 23.0 Å². The van der Waals surface area contributed by atoms with Crippen LogP contribution in [0.1, 0.15) is 46.4 Å². The highest BCUT2D eigenvalue weighted by molar-refractivity contribution is 5.92. The zero-order valence-corrected chi connectivity index (χ0v) is 22.8. The Morgan fingerprint density at radius 2 is 1.33 bits per heavy atom. The van der Waals surface area contributed by atoms with E-state index in [2.05, 4.69) is 13.2 Å². The predicted octanol–water partition coefficient (Wildman–Crippen LogP) is 5.82. The summed E-state index contributed by atoms with van der Waals surface area (Å²) >= 11 is 0. The van der Waals surface area contributed by atoms with E-state index in [-0.39, 0.29) is 22.6 Å². The highest BCUT2D eigenvalue weighted by atomic mass is 19.1. The lowest BCUT2D eigenvalue weighted by Gasteiger charge is -2.10. The molecule has 10 heteroatoms. The lowest BCUT2D eigenvalue weighted by atomic mass is 10.2. The predicted molar refractivity (Wildman–Crippen MR) is 151 cm³/mol.